The topological polar surface area (TPSA) is 97.6 Å². The van der Waals surface area contributed by atoms with Crippen LogP contribution in [-0.4, -0.2) is 34.0 Å². The summed E-state index contributed by atoms with van der Waals surface area (Å²) in [6.45, 7) is 10.6. The van der Waals surface area contributed by atoms with E-state index in [4.69, 9.17) is 0 Å². The Hall–Kier alpha value is -3.35. The number of benzene rings is 2. The number of hydrogen-bond donors (Lipinski definition) is 0. The zero-order chi connectivity index (χ0) is 26.9. The van der Waals surface area contributed by atoms with Gasteiger partial charge in [0.1, 0.15) is 0 Å². The Morgan fingerprint density at radius 1 is 1.11 bits per heavy atom. The SMILES string of the molecule is CC(=O)c1cc2c(cc1C(C)C)CC[C@H]1[C@](C)(CN3C(=O)c4ccc([N+](=O)[O-])cc4C3=O)CCC[C@]21C. The molecule has 3 aliphatic rings. The zero-order valence-corrected chi connectivity index (χ0v) is 22.2. The number of fused-ring (bicyclic) bond motifs is 4. The maximum Gasteiger partial charge on any atom is 0.270 e. The second kappa shape index (κ2) is 8.61. The van der Waals surface area contributed by atoms with E-state index in [-0.39, 0.29) is 57.7 Å². The molecule has 7 heteroatoms. The number of non-ortho nitro benzene ring substituents is 1. The number of nitro groups is 1. The molecule has 1 fully saturated rings. The summed E-state index contributed by atoms with van der Waals surface area (Å²) >= 11 is 0. The van der Waals surface area contributed by atoms with Crippen LogP contribution in [0.4, 0.5) is 5.69 Å². The quantitative estimate of drug-likeness (QED) is 0.209. The summed E-state index contributed by atoms with van der Waals surface area (Å²) in [6.07, 6.45) is 4.69. The predicted molar refractivity (Wildman–Crippen MR) is 140 cm³/mol. The van der Waals surface area contributed by atoms with Gasteiger partial charge in [-0.05, 0) is 84.1 Å². The summed E-state index contributed by atoms with van der Waals surface area (Å²) in [6, 6.07) is 8.26. The van der Waals surface area contributed by atoms with Gasteiger partial charge in [0, 0.05) is 24.2 Å². The number of nitro benzene ring substituents is 1. The Kier molecular flexibility index (Phi) is 5.89. The Morgan fingerprint density at radius 2 is 1.81 bits per heavy atom. The molecule has 194 valence electrons. The fourth-order valence-electron chi connectivity index (χ4n) is 7.54. The fourth-order valence-corrected chi connectivity index (χ4v) is 7.54. The molecule has 5 rings (SSSR count). The monoisotopic (exact) mass is 502 g/mol. The van der Waals surface area contributed by atoms with Crippen molar-refractivity contribution >= 4 is 23.3 Å². The standard InChI is InChI=1S/C30H34N2O5/c1-17(2)22-13-19-7-10-26-29(4,11-6-12-30(26,5)25(19)15-23(22)18(3)33)16-31-27(34)21-9-8-20(32(36)37)14-24(21)28(31)35/h8-9,13-15,17,26H,6-7,10-12,16H2,1-5H3/t26-,29-,30+/m0/s1. The summed E-state index contributed by atoms with van der Waals surface area (Å²) in [5, 5.41) is 11.2. The minimum atomic E-state index is -0.548. The number of amides is 2. The van der Waals surface area contributed by atoms with Crippen molar-refractivity contribution < 1.29 is 19.3 Å². The van der Waals surface area contributed by atoms with E-state index < -0.39 is 10.8 Å². The molecule has 7 nitrogen and oxygen atoms in total. The van der Waals surface area contributed by atoms with E-state index in [2.05, 4.69) is 39.8 Å². The summed E-state index contributed by atoms with van der Waals surface area (Å²) in [5.74, 6) is -0.259. The zero-order valence-electron chi connectivity index (χ0n) is 22.2. The van der Waals surface area contributed by atoms with Crippen molar-refractivity contribution in [3.63, 3.8) is 0 Å². The molecule has 0 unspecified atom stereocenters. The van der Waals surface area contributed by atoms with Gasteiger partial charge >= 0.3 is 0 Å². The van der Waals surface area contributed by atoms with Crippen molar-refractivity contribution in [2.75, 3.05) is 6.54 Å². The Morgan fingerprint density at radius 3 is 2.46 bits per heavy atom. The average molecular weight is 503 g/mol. The molecule has 0 saturated heterocycles. The first-order valence-corrected chi connectivity index (χ1v) is 13.2. The van der Waals surface area contributed by atoms with Gasteiger partial charge in [0.2, 0.25) is 0 Å². The third-order valence-corrected chi connectivity index (χ3v) is 9.33. The van der Waals surface area contributed by atoms with Crippen LogP contribution in [0.15, 0.2) is 30.3 Å². The van der Waals surface area contributed by atoms with Crippen LogP contribution in [0.25, 0.3) is 0 Å². The van der Waals surface area contributed by atoms with Gasteiger partial charge in [-0.15, -0.1) is 0 Å². The van der Waals surface area contributed by atoms with Gasteiger partial charge in [0.25, 0.3) is 17.5 Å². The smallest absolute Gasteiger partial charge is 0.270 e. The second-order valence-corrected chi connectivity index (χ2v) is 12.0. The van der Waals surface area contributed by atoms with E-state index in [1.165, 1.54) is 34.2 Å². The second-order valence-electron chi connectivity index (χ2n) is 12.0. The molecule has 3 atom stereocenters. The molecule has 0 aromatic heterocycles. The van der Waals surface area contributed by atoms with Crippen molar-refractivity contribution in [3.05, 3.63) is 73.8 Å². The van der Waals surface area contributed by atoms with Crippen molar-refractivity contribution in [1.82, 2.24) is 4.90 Å². The Balaban J connectivity index is 1.51. The van der Waals surface area contributed by atoms with Crippen molar-refractivity contribution in [2.45, 2.75) is 78.1 Å². The van der Waals surface area contributed by atoms with Gasteiger partial charge in [-0.1, -0.05) is 40.2 Å². The molecule has 37 heavy (non-hydrogen) atoms. The molecular weight excluding hydrogens is 468 g/mol. The van der Waals surface area contributed by atoms with E-state index in [0.29, 0.717) is 0 Å². The molecule has 1 saturated carbocycles. The van der Waals surface area contributed by atoms with Crippen LogP contribution in [0.1, 0.15) is 114 Å². The number of imide groups is 1. The lowest BCUT2D eigenvalue weighted by atomic mass is 9.49. The van der Waals surface area contributed by atoms with Crippen LogP contribution in [0.2, 0.25) is 0 Å². The predicted octanol–water partition coefficient (Wildman–Crippen LogP) is 6.23. The molecular formula is C30H34N2O5. The van der Waals surface area contributed by atoms with E-state index in [0.717, 1.165) is 43.2 Å². The van der Waals surface area contributed by atoms with Crippen LogP contribution >= 0.6 is 0 Å². The minimum absolute atomic E-state index is 0.0795. The van der Waals surface area contributed by atoms with Gasteiger partial charge in [-0.2, -0.15) is 0 Å². The lowest BCUT2D eigenvalue weighted by Crippen LogP contribution is -2.54. The molecule has 0 radical (unpaired) electrons. The number of carbonyl (C=O) groups is 3. The first-order valence-electron chi connectivity index (χ1n) is 13.2. The number of aryl methyl sites for hydroxylation is 1. The van der Waals surface area contributed by atoms with Crippen molar-refractivity contribution in [2.24, 2.45) is 11.3 Å². The lowest BCUT2D eigenvalue weighted by molar-refractivity contribution is -0.384. The highest BCUT2D eigenvalue weighted by atomic mass is 16.6. The maximum atomic E-state index is 13.3. The largest absolute Gasteiger partial charge is 0.295 e. The maximum absolute atomic E-state index is 13.3. The number of ketones is 1. The van der Waals surface area contributed by atoms with Gasteiger partial charge < -0.3 is 0 Å². The van der Waals surface area contributed by atoms with E-state index in [1.54, 1.807) is 6.92 Å². The molecule has 1 heterocycles. The van der Waals surface area contributed by atoms with Gasteiger partial charge in [0.05, 0.1) is 16.1 Å². The lowest BCUT2D eigenvalue weighted by Gasteiger charge is -2.56. The molecule has 2 aromatic carbocycles. The fraction of sp³-hybridized carbons (Fsp3) is 0.500. The van der Waals surface area contributed by atoms with Crippen LogP contribution in [0.3, 0.4) is 0 Å². The third kappa shape index (κ3) is 3.82. The molecule has 2 amide bonds. The average Bonchev–Trinajstić information content (AvgIpc) is 3.07. The molecule has 2 aliphatic carbocycles. The first-order chi connectivity index (χ1) is 17.4. The van der Waals surface area contributed by atoms with Crippen LogP contribution in [-0.2, 0) is 11.8 Å². The highest BCUT2D eigenvalue weighted by Gasteiger charge is 2.54. The van der Waals surface area contributed by atoms with E-state index in [9.17, 15) is 24.5 Å². The normalized spacial score (nSPS) is 26.6. The molecule has 2 aromatic rings. The highest BCUT2D eigenvalue weighted by molar-refractivity contribution is 6.21. The minimum Gasteiger partial charge on any atom is -0.295 e. The third-order valence-electron chi connectivity index (χ3n) is 9.33. The summed E-state index contributed by atoms with van der Waals surface area (Å²) in [7, 11) is 0. The number of rotatable bonds is 5. The van der Waals surface area contributed by atoms with Crippen LogP contribution in [0, 0.1) is 21.4 Å². The first kappa shape index (κ1) is 25.3. The van der Waals surface area contributed by atoms with Gasteiger partial charge in [0.15, 0.2) is 5.78 Å². The number of Topliss-reactive ketones (excluding diaryl/α,β-unsaturated/α-hetero) is 1. The van der Waals surface area contributed by atoms with Gasteiger partial charge in [-0.25, -0.2) is 0 Å². The Labute approximate surface area is 217 Å². The Bertz CT molecular complexity index is 1360. The van der Waals surface area contributed by atoms with Crippen LogP contribution in [0.5, 0.6) is 0 Å². The number of hydrogen-bond acceptors (Lipinski definition) is 5. The molecule has 0 N–H and O–H groups in total. The van der Waals surface area contributed by atoms with Crippen molar-refractivity contribution in [1.29, 1.82) is 0 Å². The van der Waals surface area contributed by atoms with Crippen molar-refractivity contribution in [3.8, 4) is 0 Å². The summed E-state index contributed by atoms with van der Waals surface area (Å²) in [4.78, 5) is 51.2. The summed E-state index contributed by atoms with van der Waals surface area (Å²) in [5.41, 5.74) is 4.13. The molecule has 1 aliphatic heterocycles. The van der Waals surface area contributed by atoms with E-state index in [1.807, 2.05) is 0 Å². The molecule has 0 spiro atoms. The molecule has 0 bridgehead atoms. The number of carbonyl (C=O) groups excluding carboxylic acids is 3. The van der Waals surface area contributed by atoms with Gasteiger partial charge in [-0.3, -0.25) is 29.4 Å². The summed E-state index contributed by atoms with van der Waals surface area (Å²) < 4.78 is 0. The highest BCUT2D eigenvalue weighted by Crippen LogP contribution is 2.58. The van der Waals surface area contributed by atoms with E-state index >= 15 is 0 Å². The number of nitrogens with zero attached hydrogens (tertiary/aromatic N) is 2. The van der Waals surface area contributed by atoms with Crippen LogP contribution < -0.4 is 0 Å².